The molecule has 3 N–H and O–H groups in total. The number of H-pyrrole nitrogens is 1. The molecule has 2 heterocycles. The van der Waals surface area contributed by atoms with Gasteiger partial charge in [-0.3, -0.25) is 9.89 Å². The lowest BCUT2D eigenvalue weighted by Crippen LogP contribution is -2.31. The average Bonchev–Trinajstić information content (AvgIpc) is 3.38. The molecular weight excluding hydrogens is 423 g/mol. The van der Waals surface area contributed by atoms with Gasteiger partial charge in [-0.25, -0.2) is 0 Å². The Labute approximate surface area is 179 Å². The Morgan fingerprint density at radius 1 is 1.19 bits per heavy atom. The zero-order valence-electron chi connectivity index (χ0n) is 16.4. The monoisotopic (exact) mass is 439 g/mol. The molecule has 32 heavy (non-hydrogen) atoms. The molecule has 162 valence electrons. The molecule has 1 unspecified atom stereocenters. The van der Waals surface area contributed by atoms with Crippen LogP contribution in [0.15, 0.2) is 70.8 Å². The van der Waals surface area contributed by atoms with Gasteiger partial charge in [-0.05, 0) is 42.8 Å². The number of alkyl halides is 3. The van der Waals surface area contributed by atoms with Crippen molar-refractivity contribution >= 4 is 39.6 Å². The van der Waals surface area contributed by atoms with Crippen LogP contribution in [0, 0.1) is 0 Å². The summed E-state index contributed by atoms with van der Waals surface area (Å²) in [7, 11) is 0. The molecule has 0 aliphatic heterocycles. The first kappa shape index (κ1) is 19.9. The van der Waals surface area contributed by atoms with E-state index in [1.54, 1.807) is 36.5 Å². The van der Waals surface area contributed by atoms with E-state index in [-0.39, 0.29) is 18.3 Å². The molecule has 0 spiro atoms. The fraction of sp³-hybridized carbons (Fsp3) is 0.136. The van der Waals surface area contributed by atoms with Crippen LogP contribution in [0.25, 0.3) is 22.0 Å². The second-order valence-corrected chi connectivity index (χ2v) is 7.31. The van der Waals surface area contributed by atoms with Crippen LogP contribution in [0.5, 0.6) is 0 Å². The number of anilines is 2. The summed E-state index contributed by atoms with van der Waals surface area (Å²) >= 11 is 0. The minimum atomic E-state index is -4.46. The molecule has 4 aromatic rings. The fourth-order valence-electron chi connectivity index (χ4n) is 3.56. The van der Waals surface area contributed by atoms with E-state index in [0.29, 0.717) is 22.4 Å². The van der Waals surface area contributed by atoms with E-state index in [1.807, 2.05) is 6.07 Å². The molecule has 1 atom stereocenters. The highest BCUT2D eigenvalue weighted by molar-refractivity contribution is 6.06. The smallest absolute Gasteiger partial charge is 0.414 e. The van der Waals surface area contributed by atoms with Crippen molar-refractivity contribution < 1.29 is 22.4 Å². The zero-order chi connectivity index (χ0) is 22.3. The first-order valence-electron chi connectivity index (χ1n) is 9.72. The fourth-order valence-corrected chi connectivity index (χ4v) is 3.56. The van der Waals surface area contributed by atoms with Crippen LogP contribution in [-0.4, -0.2) is 33.3 Å². The lowest BCUT2D eigenvalue weighted by atomic mass is 9.99. The van der Waals surface area contributed by atoms with Crippen LogP contribution in [0.2, 0.25) is 0 Å². The van der Waals surface area contributed by atoms with Crippen molar-refractivity contribution in [2.24, 2.45) is 0 Å². The summed E-state index contributed by atoms with van der Waals surface area (Å²) in [5.74, 6) is -0.358. The van der Waals surface area contributed by atoms with Crippen molar-refractivity contribution in [3.63, 3.8) is 0 Å². The van der Waals surface area contributed by atoms with Crippen LogP contribution in [0.3, 0.4) is 0 Å². The van der Waals surface area contributed by atoms with Gasteiger partial charge in [-0.1, -0.05) is 18.2 Å². The third-order valence-corrected chi connectivity index (χ3v) is 5.13. The van der Waals surface area contributed by atoms with E-state index < -0.39 is 17.8 Å². The zero-order valence-corrected chi connectivity index (χ0v) is 16.4. The van der Waals surface area contributed by atoms with E-state index in [2.05, 4.69) is 25.8 Å². The number of fused-ring (bicyclic) bond motifs is 2. The van der Waals surface area contributed by atoms with Crippen LogP contribution < -0.4 is 10.6 Å². The van der Waals surface area contributed by atoms with Crippen molar-refractivity contribution in [1.29, 1.82) is 0 Å². The van der Waals surface area contributed by atoms with Crippen molar-refractivity contribution in [3.05, 3.63) is 72.0 Å². The third kappa shape index (κ3) is 3.82. The summed E-state index contributed by atoms with van der Waals surface area (Å²) in [6, 6.07) is 8.95. The van der Waals surface area contributed by atoms with Crippen molar-refractivity contribution in [3.8, 4) is 0 Å². The van der Waals surface area contributed by atoms with Gasteiger partial charge in [0, 0.05) is 16.6 Å². The highest BCUT2D eigenvalue weighted by Gasteiger charge is 2.39. The quantitative estimate of drug-likeness (QED) is 0.407. The maximum Gasteiger partial charge on any atom is 0.414 e. The van der Waals surface area contributed by atoms with Gasteiger partial charge >= 0.3 is 6.18 Å². The molecule has 5 rings (SSSR count). The maximum atomic E-state index is 13.2. The van der Waals surface area contributed by atoms with Gasteiger partial charge in [0.2, 0.25) is 0 Å². The number of amides is 1. The summed E-state index contributed by atoms with van der Waals surface area (Å²) in [6.07, 6.45) is 1.42. The Morgan fingerprint density at radius 2 is 2.06 bits per heavy atom. The highest BCUT2D eigenvalue weighted by atomic mass is 19.4. The molecule has 2 aromatic carbocycles. The Morgan fingerprint density at radius 3 is 2.91 bits per heavy atom. The Balaban J connectivity index is 1.35. The van der Waals surface area contributed by atoms with Gasteiger partial charge in [0.25, 0.3) is 11.9 Å². The molecular formula is C22H16F3N5O2. The van der Waals surface area contributed by atoms with Gasteiger partial charge < -0.3 is 15.1 Å². The van der Waals surface area contributed by atoms with Gasteiger partial charge in [-0.15, -0.1) is 0 Å². The number of aromatic nitrogens is 3. The minimum absolute atomic E-state index is 0.0438. The maximum absolute atomic E-state index is 13.2. The van der Waals surface area contributed by atoms with Crippen molar-refractivity contribution in [1.82, 2.24) is 15.2 Å². The number of allylic oxidation sites excluding steroid dienone is 2. The first-order valence-corrected chi connectivity index (χ1v) is 9.72. The summed E-state index contributed by atoms with van der Waals surface area (Å²) in [5, 5.41) is 13.2. The van der Waals surface area contributed by atoms with Gasteiger partial charge in [0.1, 0.15) is 5.52 Å². The topological polar surface area (TPSA) is 95.8 Å². The molecule has 1 aliphatic carbocycles. The molecule has 2 aromatic heterocycles. The Hall–Kier alpha value is -4.08. The van der Waals surface area contributed by atoms with E-state index in [9.17, 15) is 18.0 Å². The second-order valence-electron chi connectivity index (χ2n) is 7.31. The summed E-state index contributed by atoms with van der Waals surface area (Å²) in [5.41, 5.74) is 1.72. The third-order valence-electron chi connectivity index (χ3n) is 5.13. The normalized spacial score (nSPS) is 16.3. The van der Waals surface area contributed by atoms with E-state index in [1.165, 1.54) is 12.1 Å². The molecule has 0 saturated carbocycles. The molecule has 0 saturated heterocycles. The number of hydrogen-bond donors (Lipinski definition) is 3. The number of aromatic amines is 1. The number of benzene rings is 2. The van der Waals surface area contributed by atoms with Crippen molar-refractivity contribution in [2.75, 3.05) is 10.6 Å². The van der Waals surface area contributed by atoms with Crippen molar-refractivity contribution in [2.45, 2.75) is 18.6 Å². The SMILES string of the molecule is O=C(Nc1ccc2cn[nH]c2c1)c1ccc2oc(NC3CC=CC=C3C(F)(F)F)nc2c1. The van der Waals surface area contributed by atoms with Crippen LogP contribution in [0.4, 0.5) is 24.9 Å². The predicted molar refractivity (Wildman–Crippen MR) is 113 cm³/mol. The van der Waals surface area contributed by atoms with Crippen LogP contribution in [0.1, 0.15) is 16.8 Å². The number of oxazole rings is 1. The summed E-state index contributed by atoms with van der Waals surface area (Å²) in [6.45, 7) is 0. The lowest BCUT2D eigenvalue weighted by Gasteiger charge is -2.23. The summed E-state index contributed by atoms with van der Waals surface area (Å²) in [4.78, 5) is 16.9. The summed E-state index contributed by atoms with van der Waals surface area (Å²) < 4.78 is 45.3. The van der Waals surface area contributed by atoms with E-state index in [4.69, 9.17) is 4.42 Å². The van der Waals surface area contributed by atoms with E-state index in [0.717, 1.165) is 17.0 Å². The van der Waals surface area contributed by atoms with E-state index >= 15 is 0 Å². The minimum Gasteiger partial charge on any atom is -0.424 e. The standard InChI is InChI=1S/C22H16F3N5O2/c23-22(24,25)15-3-1-2-4-16(15)28-21-29-18-9-12(6-8-19(18)32-21)20(31)27-14-7-5-13-11-26-30-17(13)10-14/h1-3,5-11,16H,4H2,(H,26,30)(H,27,31)(H,28,29). The number of halogens is 3. The number of nitrogens with zero attached hydrogens (tertiary/aromatic N) is 2. The van der Waals surface area contributed by atoms with Gasteiger partial charge in [-0.2, -0.15) is 23.3 Å². The first-order chi connectivity index (χ1) is 15.4. The number of rotatable bonds is 4. The largest absolute Gasteiger partial charge is 0.424 e. The molecule has 7 nitrogen and oxygen atoms in total. The molecule has 0 radical (unpaired) electrons. The number of nitrogens with one attached hydrogen (secondary N) is 3. The van der Waals surface area contributed by atoms with Gasteiger partial charge in [0.05, 0.1) is 23.3 Å². The molecule has 0 fully saturated rings. The molecule has 0 bridgehead atoms. The molecule has 1 aliphatic rings. The highest BCUT2D eigenvalue weighted by Crippen LogP contribution is 2.33. The lowest BCUT2D eigenvalue weighted by molar-refractivity contribution is -0.0950. The average molecular weight is 439 g/mol. The number of carbonyl (C=O) groups excluding carboxylic acids is 1. The number of carbonyl (C=O) groups is 1. The predicted octanol–water partition coefficient (Wildman–Crippen LogP) is 5.19. The molecule has 1 amide bonds. The van der Waals surface area contributed by atoms with Crippen LogP contribution >= 0.6 is 0 Å². The second kappa shape index (κ2) is 7.56. The van der Waals surface area contributed by atoms with Gasteiger partial charge in [0.15, 0.2) is 5.58 Å². The number of hydrogen-bond acceptors (Lipinski definition) is 5. The Kier molecular flexibility index (Phi) is 4.69. The van der Waals surface area contributed by atoms with Crippen LogP contribution in [-0.2, 0) is 0 Å². The Bertz CT molecular complexity index is 1380. The molecule has 10 heteroatoms.